The van der Waals surface area contributed by atoms with E-state index in [9.17, 15) is 24.5 Å². The number of hydrogen-bond acceptors (Lipinski definition) is 8. The molecule has 0 aliphatic carbocycles. The molecule has 0 unspecified atom stereocenters. The molecule has 1 N–H and O–H groups in total. The number of thioether (sulfide) groups is 1. The highest BCUT2D eigenvalue weighted by Gasteiger charge is 2.49. The van der Waals surface area contributed by atoms with Crippen molar-refractivity contribution in [3.8, 4) is 0 Å². The predicted molar refractivity (Wildman–Crippen MR) is 139 cm³/mol. The van der Waals surface area contributed by atoms with Gasteiger partial charge in [0.2, 0.25) is 5.91 Å². The monoisotopic (exact) mass is 530 g/mol. The van der Waals surface area contributed by atoms with Crippen LogP contribution in [-0.4, -0.2) is 44.5 Å². The van der Waals surface area contributed by atoms with Crippen LogP contribution in [0.1, 0.15) is 33.6 Å². The van der Waals surface area contributed by atoms with Crippen LogP contribution in [0.15, 0.2) is 78.6 Å². The van der Waals surface area contributed by atoms with E-state index in [-0.39, 0.29) is 35.2 Å². The second-order valence-electron chi connectivity index (χ2n) is 8.62. The van der Waals surface area contributed by atoms with Crippen LogP contribution in [0.2, 0.25) is 0 Å². The zero-order valence-corrected chi connectivity index (χ0v) is 20.8. The van der Waals surface area contributed by atoms with Crippen LogP contribution in [-0.2, 0) is 27.4 Å². The van der Waals surface area contributed by atoms with E-state index in [1.807, 2.05) is 18.2 Å². The van der Waals surface area contributed by atoms with Gasteiger partial charge in [0.1, 0.15) is 12.3 Å². The summed E-state index contributed by atoms with van der Waals surface area (Å²) >= 11 is 1.41. The summed E-state index contributed by atoms with van der Waals surface area (Å²) in [5.41, 5.74) is 2.76. The summed E-state index contributed by atoms with van der Waals surface area (Å²) in [6.45, 7) is 0.352. The average molecular weight is 531 g/mol. The van der Waals surface area contributed by atoms with Crippen molar-refractivity contribution < 1.29 is 24.0 Å². The molecule has 2 aliphatic heterocycles. The van der Waals surface area contributed by atoms with Crippen LogP contribution in [0.5, 0.6) is 0 Å². The third kappa shape index (κ3) is 5.28. The van der Waals surface area contributed by atoms with Crippen molar-refractivity contribution in [1.29, 1.82) is 0 Å². The summed E-state index contributed by atoms with van der Waals surface area (Å²) in [4.78, 5) is 54.5. The topological polar surface area (TPSA) is 132 Å². The van der Waals surface area contributed by atoms with E-state index >= 15 is 0 Å². The number of ether oxygens (including phenoxy) is 1. The van der Waals surface area contributed by atoms with Gasteiger partial charge in [0, 0.05) is 47.5 Å². The molecule has 2 aromatic carbocycles. The van der Waals surface area contributed by atoms with Gasteiger partial charge < -0.3 is 10.1 Å². The molecule has 3 heterocycles. The molecule has 10 nitrogen and oxygen atoms in total. The lowest BCUT2D eigenvalue weighted by atomic mass is 10.1. The molecule has 5 rings (SSSR count). The number of benzene rings is 2. The standard InChI is InChI=1S/C27H22N4O6S/c32-22-15-23-30(22)24(27(34)37-16-17-4-10-21(11-5-17)31(35)36)25(38-23)18-6-8-19(9-7-18)26(33)29-14-12-20-3-1-2-13-28-20/h1-11,13,23H,12,14-16H2,(H,29,33)/t23-/m1/s1. The smallest absolute Gasteiger partial charge is 0.356 e. The fourth-order valence-corrected chi connectivity index (χ4v) is 5.50. The van der Waals surface area contributed by atoms with Gasteiger partial charge in [-0.1, -0.05) is 30.0 Å². The number of pyridine rings is 1. The number of aromatic nitrogens is 1. The lowest BCUT2D eigenvalue weighted by Gasteiger charge is -2.34. The van der Waals surface area contributed by atoms with Crippen LogP contribution in [0.4, 0.5) is 5.69 Å². The van der Waals surface area contributed by atoms with Gasteiger partial charge in [0.05, 0.1) is 16.7 Å². The highest BCUT2D eigenvalue weighted by Crippen LogP contribution is 2.50. The Balaban J connectivity index is 1.27. The van der Waals surface area contributed by atoms with Gasteiger partial charge in [0.25, 0.3) is 11.6 Å². The molecule has 1 fully saturated rings. The number of nitro groups is 1. The normalized spacial score (nSPS) is 16.1. The minimum atomic E-state index is -0.655. The lowest BCUT2D eigenvalue weighted by molar-refractivity contribution is -0.384. The number of nitro benzene ring substituents is 1. The number of rotatable bonds is 9. The molecule has 0 radical (unpaired) electrons. The van der Waals surface area contributed by atoms with Gasteiger partial charge in [-0.15, -0.1) is 0 Å². The van der Waals surface area contributed by atoms with Crippen LogP contribution < -0.4 is 5.32 Å². The van der Waals surface area contributed by atoms with Crippen LogP contribution in [0.25, 0.3) is 4.91 Å². The zero-order chi connectivity index (χ0) is 26.6. The molecular formula is C27H22N4O6S. The number of nitrogens with one attached hydrogen (secondary N) is 1. The van der Waals surface area contributed by atoms with Crippen molar-refractivity contribution in [2.75, 3.05) is 6.54 Å². The molecule has 0 bridgehead atoms. The van der Waals surface area contributed by atoms with Crippen molar-refractivity contribution in [3.63, 3.8) is 0 Å². The highest BCUT2D eigenvalue weighted by molar-refractivity contribution is 8.09. The Kier molecular flexibility index (Phi) is 7.18. The van der Waals surface area contributed by atoms with E-state index in [2.05, 4.69) is 10.3 Å². The van der Waals surface area contributed by atoms with Crippen LogP contribution in [0, 0.1) is 10.1 Å². The molecule has 192 valence electrons. The van der Waals surface area contributed by atoms with Gasteiger partial charge in [-0.3, -0.25) is 29.6 Å². The van der Waals surface area contributed by atoms with E-state index in [4.69, 9.17) is 4.74 Å². The quantitative estimate of drug-likeness (QED) is 0.192. The minimum Gasteiger partial charge on any atom is -0.456 e. The molecule has 38 heavy (non-hydrogen) atoms. The second kappa shape index (κ2) is 10.9. The van der Waals surface area contributed by atoms with Crippen molar-refractivity contribution in [2.24, 2.45) is 0 Å². The fraction of sp³-hybridized carbons (Fsp3) is 0.185. The number of hydrogen-bond donors (Lipinski definition) is 1. The average Bonchev–Trinajstić information content (AvgIpc) is 3.25. The first-order valence-corrected chi connectivity index (χ1v) is 12.7. The summed E-state index contributed by atoms with van der Waals surface area (Å²) in [6.07, 6.45) is 2.65. The maximum atomic E-state index is 13.1. The third-order valence-electron chi connectivity index (χ3n) is 6.13. The first-order valence-electron chi connectivity index (χ1n) is 11.8. The summed E-state index contributed by atoms with van der Waals surface area (Å²) in [6, 6.07) is 18.2. The third-order valence-corrected chi connectivity index (χ3v) is 7.44. The number of fused-ring (bicyclic) bond motifs is 1. The summed E-state index contributed by atoms with van der Waals surface area (Å²) in [5.74, 6) is -1.04. The summed E-state index contributed by atoms with van der Waals surface area (Å²) < 4.78 is 5.46. The highest BCUT2D eigenvalue weighted by atomic mass is 32.2. The van der Waals surface area contributed by atoms with Crippen LogP contribution >= 0.6 is 11.8 Å². The molecule has 2 aliphatic rings. The SMILES string of the molecule is O=C(OCc1ccc([N+](=O)[O-])cc1)C1=C(c2ccc(C(=O)NCCc3ccccn3)cc2)S[C@@H]2CC(=O)N12. The van der Waals surface area contributed by atoms with Gasteiger partial charge >= 0.3 is 5.97 Å². The predicted octanol–water partition coefficient (Wildman–Crippen LogP) is 3.68. The maximum absolute atomic E-state index is 13.1. The Morgan fingerprint density at radius 3 is 2.53 bits per heavy atom. The molecule has 0 spiro atoms. The van der Waals surface area contributed by atoms with Crippen molar-refractivity contribution >= 4 is 40.1 Å². The molecule has 11 heteroatoms. The van der Waals surface area contributed by atoms with Crippen molar-refractivity contribution in [2.45, 2.75) is 24.8 Å². The Morgan fingerprint density at radius 1 is 1.11 bits per heavy atom. The zero-order valence-electron chi connectivity index (χ0n) is 20.0. The molecule has 1 saturated heterocycles. The van der Waals surface area contributed by atoms with Gasteiger partial charge in [-0.25, -0.2) is 4.79 Å². The molecule has 1 atom stereocenters. The number of esters is 1. The Labute approximate surface area is 221 Å². The molecule has 0 saturated carbocycles. The minimum absolute atomic E-state index is 0.0587. The van der Waals surface area contributed by atoms with E-state index < -0.39 is 10.9 Å². The number of amides is 2. The summed E-state index contributed by atoms with van der Waals surface area (Å²) in [5, 5.41) is 13.5. The van der Waals surface area contributed by atoms with Crippen molar-refractivity contribution in [3.05, 3.63) is 111 Å². The Morgan fingerprint density at radius 2 is 1.87 bits per heavy atom. The van der Waals surface area contributed by atoms with E-state index in [1.165, 1.54) is 40.9 Å². The van der Waals surface area contributed by atoms with Gasteiger partial charge in [0.15, 0.2) is 0 Å². The van der Waals surface area contributed by atoms with Crippen LogP contribution in [0.3, 0.4) is 0 Å². The largest absolute Gasteiger partial charge is 0.456 e. The number of carbonyl (C=O) groups is 3. The lowest BCUT2D eigenvalue weighted by Crippen LogP contribution is -2.48. The molecule has 3 aromatic rings. The molecule has 1 aromatic heterocycles. The van der Waals surface area contributed by atoms with Gasteiger partial charge in [-0.2, -0.15) is 0 Å². The molecular weight excluding hydrogens is 508 g/mol. The van der Waals surface area contributed by atoms with Gasteiger partial charge in [-0.05, 0) is 47.5 Å². The maximum Gasteiger partial charge on any atom is 0.356 e. The Bertz CT molecular complexity index is 1420. The van der Waals surface area contributed by atoms with E-state index in [0.29, 0.717) is 41.0 Å². The number of carbonyl (C=O) groups excluding carboxylic acids is 3. The fourth-order valence-electron chi connectivity index (χ4n) is 4.10. The number of non-ortho nitro benzene ring substituents is 1. The first-order chi connectivity index (χ1) is 18.4. The second-order valence-corrected chi connectivity index (χ2v) is 9.81. The Hall–Kier alpha value is -4.51. The van der Waals surface area contributed by atoms with E-state index in [0.717, 1.165) is 5.69 Å². The first kappa shape index (κ1) is 25.2. The number of nitrogens with zero attached hydrogens (tertiary/aromatic N) is 3. The summed E-state index contributed by atoms with van der Waals surface area (Å²) in [7, 11) is 0. The van der Waals surface area contributed by atoms with E-state index in [1.54, 1.807) is 30.5 Å². The van der Waals surface area contributed by atoms with Crippen molar-refractivity contribution in [1.82, 2.24) is 15.2 Å². The molecule has 2 amide bonds. The number of β-lactam (4-membered cyclic amide) rings is 1.